The summed E-state index contributed by atoms with van der Waals surface area (Å²) in [6, 6.07) is 17.1. The van der Waals surface area contributed by atoms with E-state index in [4.69, 9.17) is 5.73 Å². The Labute approximate surface area is 182 Å². The Morgan fingerprint density at radius 1 is 1.00 bits per heavy atom. The van der Waals surface area contributed by atoms with Gasteiger partial charge < -0.3 is 16.4 Å². The van der Waals surface area contributed by atoms with Crippen molar-refractivity contribution in [3.8, 4) is 0 Å². The first kappa shape index (κ1) is 20.8. The fourth-order valence-electron chi connectivity index (χ4n) is 4.22. The normalized spacial score (nSPS) is 15.4. The molecule has 1 fully saturated rings. The minimum atomic E-state index is -0.494. The van der Waals surface area contributed by atoms with Crippen LogP contribution >= 0.6 is 0 Å². The molecule has 6 heteroatoms. The van der Waals surface area contributed by atoms with Crippen LogP contribution < -0.4 is 16.4 Å². The molecule has 0 saturated heterocycles. The third kappa shape index (κ3) is 5.20. The van der Waals surface area contributed by atoms with Gasteiger partial charge >= 0.3 is 0 Å². The molecule has 1 heterocycles. The highest BCUT2D eigenvalue weighted by Gasteiger charge is 2.24. The van der Waals surface area contributed by atoms with Crippen molar-refractivity contribution >= 4 is 28.4 Å². The summed E-state index contributed by atoms with van der Waals surface area (Å²) < 4.78 is 0. The van der Waals surface area contributed by atoms with Gasteiger partial charge in [0.15, 0.2) is 0 Å². The number of nitrogen functional groups attached to an aromatic ring is 1. The number of anilines is 1. The number of hydrogen-bond acceptors (Lipinski definition) is 4. The fraction of sp³-hybridized carbons (Fsp3) is 0.320. The van der Waals surface area contributed by atoms with E-state index in [2.05, 4.69) is 15.6 Å². The first-order chi connectivity index (χ1) is 15.1. The van der Waals surface area contributed by atoms with Gasteiger partial charge in [-0.1, -0.05) is 55.7 Å². The maximum absolute atomic E-state index is 13.0. The maximum atomic E-state index is 13.0. The van der Waals surface area contributed by atoms with Crippen molar-refractivity contribution in [2.75, 3.05) is 5.73 Å². The molecule has 4 rings (SSSR count). The van der Waals surface area contributed by atoms with Crippen LogP contribution in [0.25, 0.3) is 10.8 Å². The molecule has 0 bridgehead atoms. The van der Waals surface area contributed by atoms with Crippen molar-refractivity contribution in [2.45, 2.75) is 44.7 Å². The summed E-state index contributed by atoms with van der Waals surface area (Å²) >= 11 is 0. The molecule has 1 saturated carbocycles. The molecule has 1 aliphatic carbocycles. The zero-order valence-corrected chi connectivity index (χ0v) is 17.5. The van der Waals surface area contributed by atoms with Crippen molar-refractivity contribution in [2.24, 2.45) is 5.92 Å². The number of nitrogens with two attached hydrogens (primary N) is 1. The summed E-state index contributed by atoms with van der Waals surface area (Å²) in [5, 5.41) is 7.74. The predicted octanol–water partition coefficient (Wildman–Crippen LogP) is 3.81. The average Bonchev–Trinajstić information content (AvgIpc) is 2.80. The highest BCUT2D eigenvalue weighted by atomic mass is 16.2. The van der Waals surface area contributed by atoms with Crippen LogP contribution in [0.15, 0.2) is 60.8 Å². The molecule has 1 aromatic heterocycles. The molecule has 2 aromatic carbocycles. The number of rotatable bonds is 6. The minimum Gasteiger partial charge on any atom is -0.383 e. The molecule has 0 spiro atoms. The van der Waals surface area contributed by atoms with Gasteiger partial charge in [0.25, 0.3) is 5.91 Å². The van der Waals surface area contributed by atoms with Crippen LogP contribution in [-0.2, 0) is 11.2 Å². The molecule has 6 nitrogen and oxygen atoms in total. The molecule has 3 aromatic rings. The third-order valence-corrected chi connectivity index (χ3v) is 5.94. The van der Waals surface area contributed by atoms with Crippen LogP contribution in [0.3, 0.4) is 0 Å². The van der Waals surface area contributed by atoms with E-state index in [0.717, 1.165) is 42.0 Å². The molecule has 4 N–H and O–H groups in total. The van der Waals surface area contributed by atoms with Crippen molar-refractivity contribution < 1.29 is 9.59 Å². The van der Waals surface area contributed by atoms with E-state index in [0.29, 0.717) is 17.8 Å². The first-order valence-corrected chi connectivity index (χ1v) is 10.9. The van der Waals surface area contributed by atoms with Gasteiger partial charge in [0, 0.05) is 29.5 Å². The van der Waals surface area contributed by atoms with Crippen LogP contribution in [0.1, 0.15) is 48.0 Å². The number of pyridine rings is 1. The number of hydrogen-bond donors (Lipinski definition) is 3. The van der Waals surface area contributed by atoms with E-state index in [9.17, 15) is 9.59 Å². The highest BCUT2D eigenvalue weighted by molar-refractivity contribution is 6.01. The topological polar surface area (TPSA) is 97.1 Å². The van der Waals surface area contributed by atoms with Gasteiger partial charge in [-0.05, 0) is 42.0 Å². The minimum absolute atomic E-state index is 0.0212. The smallest absolute Gasteiger partial charge is 0.252 e. The Hall–Kier alpha value is -3.41. The molecular formula is C25H28N4O2. The first-order valence-electron chi connectivity index (χ1n) is 10.9. The van der Waals surface area contributed by atoms with Gasteiger partial charge in [-0.2, -0.15) is 0 Å². The molecule has 2 amide bonds. The van der Waals surface area contributed by atoms with Crippen molar-refractivity contribution in [3.05, 3.63) is 71.9 Å². The lowest BCUT2D eigenvalue weighted by Gasteiger charge is -2.26. The van der Waals surface area contributed by atoms with E-state index in [1.54, 1.807) is 18.3 Å². The van der Waals surface area contributed by atoms with E-state index in [1.807, 2.05) is 42.5 Å². The molecule has 160 valence electrons. The van der Waals surface area contributed by atoms with E-state index < -0.39 is 6.17 Å². The summed E-state index contributed by atoms with van der Waals surface area (Å²) in [6.45, 7) is 0. The Kier molecular flexibility index (Phi) is 6.46. The van der Waals surface area contributed by atoms with Gasteiger partial charge in [-0.15, -0.1) is 0 Å². The number of benzene rings is 2. The summed E-state index contributed by atoms with van der Waals surface area (Å²) in [5.74, 6) is 0.178. The lowest BCUT2D eigenvalue weighted by molar-refractivity contribution is -0.126. The second-order valence-corrected chi connectivity index (χ2v) is 8.19. The van der Waals surface area contributed by atoms with Gasteiger partial charge in [0.05, 0.1) is 0 Å². The predicted molar refractivity (Wildman–Crippen MR) is 122 cm³/mol. The standard InChI is InChI=1S/C25H28N4O2/c26-23-21-16-20(12-11-18(21)13-14-27-23)25(31)29-22(15-17-7-3-1-4-8-17)28-24(30)19-9-5-2-6-10-19/h1,3-4,7-8,11-14,16,19,22H,2,5-6,9-10,15H2,(H2,26,27)(H,28,30)(H,29,31)/t22-/m1/s1. The molecule has 0 aliphatic heterocycles. The van der Waals surface area contributed by atoms with Crippen LogP contribution in [-0.4, -0.2) is 23.0 Å². The summed E-state index contributed by atoms with van der Waals surface area (Å²) in [7, 11) is 0. The molecule has 31 heavy (non-hydrogen) atoms. The lowest BCUT2D eigenvalue weighted by Crippen LogP contribution is -2.51. The molecule has 1 atom stereocenters. The van der Waals surface area contributed by atoms with Gasteiger partial charge in [-0.25, -0.2) is 4.98 Å². The van der Waals surface area contributed by atoms with Gasteiger partial charge in [0.2, 0.25) is 5.91 Å². The maximum Gasteiger partial charge on any atom is 0.252 e. The SMILES string of the molecule is Nc1nccc2ccc(C(=O)N[C@H](Cc3ccccc3)NC(=O)C3CCCCC3)cc12. The highest BCUT2D eigenvalue weighted by Crippen LogP contribution is 2.24. The average molecular weight is 417 g/mol. The summed E-state index contributed by atoms with van der Waals surface area (Å²) in [4.78, 5) is 30.0. The number of amides is 2. The second kappa shape index (κ2) is 9.60. The van der Waals surface area contributed by atoms with Gasteiger partial charge in [-0.3, -0.25) is 9.59 Å². The number of carbonyl (C=O) groups is 2. The second-order valence-electron chi connectivity index (χ2n) is 8.19. The zero-order valence-electron chi connectivity index (χ0n) is 17.5. The number of fused-ring (bicyclic) bond motifs is 1. The quantitative estimate of drug-likeness (QED) is 0.532. The van der Waals surface area contributed by atoms with Crippen LogP contribution in [0.4, 0.5) is 5.82 Å². The number of carbonyl (C=O) groups excluding carboxylic acids is 2. The van der Waals surface area contributed by atoms with Crippen LogP contribution in [0.5, 0.6) is 0 Å². The Balaban J connectivity index is 1.52. The Bertz CT molecular complexity index is 1060. The van der Waals surface area contributed by atoms with E-state index in [1.165, 1.54) is 6.42 Å². The van der Waals surface area contributed by atoms with Crippen LogP contribution in [0.2, 0.25) is 0 Å². The lowest BCUT2D eigenvalue weighted by atomic mass is 9.88. The number of nitrogens with zero attached hydrogens (tertiary/aromatic N) is 1. The Morgan fingerprint density at radius 2 is 1.77 bits per heavy atom. The largest absolute Gasteiger partial charge is 0.383 e. The molecule has 0 unspecified atom stereocenters. The number of aromatic nitrogens is 1. The van der Waals surface area contributed by atoms with E-state index in [-0.39, 0.29) is 17.7 Å². The summed E-state index contributed by atoms with van der Waals surface area (Å²) in [5.41, 5.74) is 7.51. The molecule has 1 aliphatic rings. The zero-order chi connectivity index (χ0) is 21.6. The van der Waals surface area contributed by atoms with Crippen molar-refractivity contribution in [1.82, 2.24) is 15.6 Å². The molecule has 0 radical (unpaired) electrons. The van der Waals surface area contributed by atoms with Gasteiger partial charge in [0.1, 0.15) is 12.0 Å². The monoisotopic (exact) mass is 416 g/mol. The number of nitrogens with one attached hydrogen (secondary N) is 2. The van der Waals surface area contributed by atoms with Crippen molar-refractivity contribution in [1.29, 1.82) is 0 Å². The molecular weight excluding hydrogens is 388 g/mol. The van der Waals surface area contributed by atoms with Crippen molar-refractivity contribution in [3.63, 3.8) is 0 Å². The van der Waals surface area contributed by atoms with Crippen LogP contribution in [0, 0.1) is 5.92 Å². The third-order valence-electron chi connectivity index (χ3n) is 5.94. The Morgan fingerprint density at radius 3 is 2.55 bits per heavy atom. The summed E-state index contributed by atoms with van der Waals surface area (Å²) in [6.07, 6.45) is 6.85. The van der Waals surface area contributed by atoms with E-state index >= 15 is 0 Å². The fourth-order valence-corrected chi connectivity index (χ4v) is 4.22.